The molecule has 3 aromatic rings. The summed E-state index contributed by atoms with van der Waals surface area (Å²) in [6, 6.07) is 14.6. The highest BCUT2D eigenvalue weighted by Crippen LogP contribution is 2.50. The summed E-state index contributed by atoms with van der Waals surface area (Å²) in [6.07, 6.45) is -15.9. The molecular formula is C80H104IN5O26S3. The first-order chi connectivity index (χ1) is 55.3. The van der Waals surface area contributed by atoms with Crippen LogP contribution in [-0.2, 0) is 71.3 Å². The van der Waals surface area contributed by atoms with E-state index in [9.17, 15) is 49.5 Å². The Morgan fingerprint density at radius 1 is 0.774 bits per heavy atom. The summed E-state index contributed by atoms with van der Waals surface area (Å²) in [5, 5.41) is 66.1. The molecule has 19 atom stereocenters. The molecule has 31 nitrogen and oxygen atoms in total. The predicted octanol–water partition coefficient (Wildman–Crippen LogP) is 5.73. The zero-order chi connectivity index (χ0) is 82.8. The molecule has 35 heteroatoms. The molecule has 4 aliphatic heterocycles. The number of carbonyl (C=O) groups excluding carboxylic acids is 5. The monoisotopic (exact) mass is 1770 g/mol. The van der Waals surface area contributed by atoms with Gasteiger partial charge >= 0.3 is 12.2 Å². The molecule has 9 N–H and O–H groups in total. The van der Waals surface area contributed by atoms with Crippen LogP contribution in [0.3, 0.4) is 0 Å². The maximum absolute atomic E-state index is 14.6. The minimum absolute atomic E-state index is 0.00336. The fraction of sp³-hybridized carbons (Fsp3) is 0.588. The molecule has 10 rings (SSSR count). The minimum Gasteiger partial charge on any atom is -0.492 e. The lowest BCUT2D eigenvalue weighted by Gasteiger charge is -2.47. The Balaban J connectivity index is 0.786. The summed E-state index contributed by atoms with van der Waals surface area (Å²) < 4.78 is 90.8. The zero-order valence-corrected chi connectivity index (χ0v) is 70.8. The summed E-state index contributed by atoms with van der Waals surface area (Å²) in [7, 11) is 9.75. The number of allylic oxidation sites excluding steroid dienone is 3. The molecule has 3 aromatic carbocycles. The number of nitrogens with one attached hydrogen (secondary N) is 4. The average molecular weight is 1770 g/mol. The van der Waals surface area contributed by atoms with E-state index < -0.39 is 145 Å². The Labute approximate surface area is 695 Å². The number of rotatable bonds is 35. The van der Waals surface area contributed by atoms with Crippen molar-refractivity contribution in [2.24, 2.45) is 0 Å². The van der Waals surface area contributed by atoms with Crippen LogP contribution in [0.1, 0.15) is 93.8 Å². The largest absolute Gasteiger partial charge is 0.492 e. The van der Waals surface area contributed by atoms with Crippen molar-refractivity contribution >= 4 is 84.9 Å². The maximum atomic E-state index is 14.6. The molecule has 4 saturated heterocycles. The van der Waals surface area contributed by atoms with E-state index in [1.54, 1.807) is 44.6 Å². The fourth-order valence-corrected chi connectivity index (χ4v) is 18.2. The van der Waals surface area contributed by atoms with Gasteiger partial charge in [-0.15, -0.1) is 0 Å². The number of aliphatic hydroxyl groups excluding tert-OH is 4. The normalized spacial score (nSPS) is 29.5. The first-order valence-electron chi connectivity index (χ1n) is 38.0. The molecule has 4 fully saturated rings. The number of aliphatic hydroxyl groups is 5. The molecule has 4 heterocycles. The van der Waals surface area contributed by atoms with Crippen LogP contribution in [0.25, 0.3) is 11.1 Å². The summed E-state index contributed by atoms with van der Waals surface area (Å²) in [6.45, 7) is 14.4. The van der Waals surface area contributed by atoms with Crippen LogP contribution >= 0.6 is 55.9 Å². The average Bonchev–Trinajstić information content (AvgIpc) is 1.73. The van der Waals surface area contributed by atoms with Crippen LogP contribution in [0.4, 0.5) is 9.59 Å². The lowest BCUT2D eigenvalue weighted by atomic mass is 9.75. The van der Waals surface area contributed by atoms with Crippen molar-refractivity contribution in [1.29, 1.82) is 0 Å². The number of hydrogen-bond acceptors (Lipinski definition) is 31. The van der Waals surface area contributed by atoms with E-state index in [1.165, 1.54) is 51.4 Å². The molecule has 7 aliphatic rings. The van der Waals surface area contributed by atoms with Crippen LogP contribution in [-0.4, -0.2) is 287 Å². The van der Waals surface area contributed by atoms with E-state index in [-0.39, 0.29) is 129 Å². The standard InChI is InChI=1S/C80H104IN5O26S3/c1-13-86(39-58(89)82-29-31-102-33-34-103-32-30-83-78(94)105-40-51-49-24-19-17-22-47(49)48-23-18-20-25-50(48)51)53-41-104-59(37-57(53)97-8)110-72-67(91)64(44(5)107-77(72)109-56-26-16-14-15-21-28-80(96)38-55(88)65(84-79(95)101-12)62(56)52(80)27-35-113-115-42(2)3)85-112-60-36-54(87)74(46(7)106-60)114-75(93)61-43(4)63(81)70(73(100-11)69(61)98-9)111-76-68(92)71(99-10)66(90)45(6)108-76/h14-15,17-20,22-25,27,42,44-46,51,53-54,56-57,59-60,64,66-68,71-72,74,76-77,85,87,90-92,96H,13,29-41H2,1-12H3,(H,82,89)(H,83,94)(H,84,95)/b15-14?,52-27+/t44-,45+,46-,53+,54+,56+,57+,59+,60+,64-,66+,67+,68-,71-,72-,74-,76+,77+,80+/m1/s1. The van der Waals surface area contributed by atoms with Crippen molar-refractivity contribution < 1.29 is 125 Å². The summed E-state index contributed by atoms with van der Waals surface area (Å²) in [5.74, 6) is 10.9. The highest BCUT2D eigenvalue weighted by molar-refractivity contribution is 14.1. The number of hydroxylamine groups is 1. The van der Waals surface area contributed by atoms with E-state index in [2.05, 4.69) is 69.4 Å². The van der Waals surface area contributed by atoms with Crippen LogP contribution in [0.2, 0.25) is 0 Å². The molecule has 630 valence electrons. The number of ether oxygens (including phenoxy) is 15. The maximum Gasteiger partial charge on any atom is 0.411 e. The smallest absolute Gasteiger partial charge is 0.411 e. The van der Waals surface area contributed by atoms with Gasteiger partial charge in [0, 0.05) is 68.2 Å². The number of ketones is 1. The van der Waals surface area contributed by atoms with Gasteiger partial charge in [-0.2, -0.15) is 5.48 Å². The number of Topliss-reactive ketones (excluding diaryl/α,β-unsaturated/α-hetero) is 1. The third-order valence-electron chi connectivity index (χ3n) is 20.4. The van der Waals surface area contributed by atoms with Crippen molar-refractivity contribution in [2.45, 2.75) is 194 Å². The van der Waals surface area contributed by atoms with Gasteiger partial charge in [0.1, 0.15) is 43.2 Å². The number of halogens is 1. The number of fused-ring (bicyclic) bond motifs is 5. The Hall–Kier alpha value is -6.19. The van der Waals surface area contributed by atoms with Crippen LogP contribution in [0.5, 0.6) is 17.2 Å². The zero-order valence-electron chi connectivity index (χ0n) is 66.2. The second kappa shape index (κ2) is 43.2. The second-order valence-electron chi connectivity index (χ2n) is 28.3. The van der Waals surface area contributed by atoms with Gasteiger partial charge in [0.05, 0.1) is 130 Å². The van der Waals surface area contributed by atoms with E-state index >= 15 is 0 Å². The molecular weight excluding hydrogens is 1670 g/mol. The van der Waals surface area contributed by atoms with Gasteiger partial charge in [0.25, 0.3) is 0 Å². The molecule has 115 heavy (non-hydrogen) atoms. The number of thioether (sulfide) groups is 1. The third-order valence-corrected chi connectivity index (χ3v) is 25.9. The van der Waals surface area contributed by atoms with Crippen LogP contribution in [0, 0.1) is 34.2 Å². The quantitative estimate of drug-likeness (QED) is 0.0112. The Morgan fingerprint density at radius 2 is 1.45 bits per heavy atom. The minimum atomic E-state index is -2.12. The molecule has 2 bridgehead atoms. The van der Waals surface area contributed by atoms with Crippen molar-refractivity contribution in [3.8, 4) is 52.1 Å². The second-order valence-corrected chi connectivity index (χ2v) is 33.5. The first kappa shape index (κ1) is 91.1. The summed E-state index contributed by atoms with van der Waals surface area (Å²) >= 11 is 2.80. The van der Waals surface area contributed by atoms with Crippen molar-refractivity contribution in [3.05, 3.63) is 109 Å². The molecule has 0 aromatic heterocycles. The van der Waals surface area contributed by atoms with E-state index in [1.807, 2.05) is 72.5 Å². The van der Waals surface area contributed by atoms with Gasteiger partial charge in [-0.25, -0.2) is 9.59 Å². The van der Waals surface area contributed by atoms with Gasteiger partial charge in [0.15, 0.2) is 41.8 Å². The van der Waals surface area contributed by atoms with Crippen molar-refractivity contribution in [1.82, 2.24) is 26.3 Å². The number of amides is 3. The van der Waals surface area contributed by atoms with E-state index in [4.69, 9.17) is 75.9 Å². The Kier molecular flexibility index (Phi) is 34.2. The van der Waals surface area contributed by atoms with Gasteiger partial charge in [-0.1, -0.05) is 132 Å². The Morgan fingerprint density at radius 3 is 2.10 bits per heavy atom. The summed E-state index contributed by atoms with van der Waals surface area (Å²) in [4.78, 5) is 76.5. The fourth-order valence-electron chi connectivity index (χ4n) is 14.6. The van der Waals surface area contributed by atoms with Crippen molar-refractivity contribution in [3.63, 3.8) is 0 Å². The van der Waals surface area contributed by atoms with Crippen LogP contribution < -0.4 is 35.6 Å². The molecule has 0 saturated carbocycles. The topological polar surface area (TPSA) is 386 Å². The molecule has 3 amide bonds. The van der Waals surface area contributed by atoms with Crippen molar-refractivity contribution in [2.75, 3.05) is 107 Å². The molecule has 0 spiro atoms. The third kappa shape index (κ3) is 22.5. The van der Waals surface area contributed by atoms with Gasteiger partial charge in [-0.05, 0) is 96.8 Å². The lowest BCUT2D eigenvalue weighted by molar-refractivity contribution is -0.337. The SMILES string of the molecule is CCN(CC(=O)NCCOCCOCCNC(=O)OCC1c2ccccc2-c2ccccc21)[C@H]1CO[C@@H](O[C@H]2[C@H](O[C@H]3C#CC=CC#C[C@]4(O)CC(=O)C(NC(=O)OC)=C3/C4=C\CSSC(C)C)O[C@H](C)[C@@H](NO[C@H]3C[C@H](O)[C@H](SC(=O)c4c(C)c(I)c(O[C@@H]5O[C@@H](C)[C@H](O)[C@@H](OC)[C@H]5O)c(OC)c4OC)[C@@H](C)O3)[C@@H]2O)C[C@@H]1OC. The number of alkyl carbamates (subject to hydrolysis) is 2. The summed E-state index contributed by atoms with van der Waals surface area (Å²) in [5.41, 5.74) is 5.61. The predicted molar refractivity (Wildman–Crippen MR) is 433 cm³/mol. The molecule has 3 aliphatic carbocycles. The highest BCUT2D eigenvalue weighted by Gasteiger charge is 2.53. The highest BCUT2D eigenvalue weighted by atomic mass is 127. The molecule has 0 radical (unpaired) electrons. The first-order valence-corrected chi connectivity index (χ1v) is 42.3. The molecule has 0 unspecified atom stereocenters. The Bertz CT molecular complexity index is 4040. The van der Waals surface area contributed by atoms with E-state index in [0.29, 0.717) is 21.4 Å². The number of carbonyl (C=O) groups is 5. The lowest BCUT2D eigenvalue weighted by Crippen LogP contribution is -2.65. The van der Waals surface area contributed by atoms with Gasteiger partial charge in [-0.3, -0.25) is 29.4 Å². The number of hydrogen-bond donors (Lipinski definition) is 9. The number of likely N-dealkylation sites (N-methyl/N-ethyl adjacent to an activating group) is 1. The number of methoxy groups -OCH3 is 5. The number of benzene rings is 3. The van der Waals surface area contributed by atoms with E-state index in [0.717, 1.165) is 41.1 Å². The van der Waals surface area contributed by atoms with Crippen LogP contribution in [0.15, 0.2) is 83.6 Å². The van der Waals surface area contributed by atoms with Gasteiger partial charge in [0.2, 0.25) is 23.1 Å². The number of nitrogens with zero attached hydrogens (tertiary/aromatic N) is 1. The van der Waals surface area contributed by atoms with Gasteiger partial charge < -0.3 is 107 Å².